The molecular formula is C9H12ClNO2. The van der Waals surface area contributed by atoms with Gasteiger partial charge in [0, 0.05) is 25.1 Å². The van der Waals surface area contributed by atoms with Crippen molar-refractivity contribution in [3.63, 3.8) is 0 Å². The van der Waals surface area contributed by atoms with Gasteiger partial charge in [-0.2, -0.15) is 0 Å². The zero-order chi connectivity index (χ0) is 9.52. The molecule has 4 heteroatoms. The van der Waals surface area contributed by atoms with Gasteiger partial charge < -0.3 is 9.47 Å². The number of ether oxygens (including phenoxy) is 2. The molecule has 13 heavy (non-hydrogen) atoms. The lowest BCUT2D eigenvalue weighted by Crippen LogP contribution is -2.05. The summed E-state index contributed by atoms with van der Waals surface area (Å²) >= 11 is 5.69. The SMILES string of the molecule is COCCOc1ccncc1CCl. The summed E-state index contributed by atoms with van der Waals surface area (Å²) in [5, 5.41) is 0. The van der Waals surface area contributed by atoms with Gasteiger partial charge >= 0.3 is 0 Å². The lowest BCUT2D eigenvalue weighted by molar-refractivity contribution is 0.146. The van der Waals surface area contributed by atoms with Gasteiger partial charge in [-0.05, 0) is 6.07 Å². The Labute approximate surface area is 82.6 Å². The maximum atomic E-state index is 5.69. The van der Waals surface area contributed by atoms with Crippen molar-refractivity contribution >= 4 is 11.6 Å². The summed E-state index contributed by atoms with van der Waals surface area (Å²) in [5.41, 5.74) is 0.903. The molecular weight excluding hydrogens is 190 g/mol. The van der Waals surface area contributed by atoms with Crippen LogP contribution < -0.4 is 4.74 Å². The Morgan fingerprint density at radius 2 is 2.31 bits per heavy atom. The van der Waals surface area contributed by atoms with Gasteiger partial charge in [-0.15, -0.1) is 11.6 Å². The molecule has 3 nitrogen and oxygen atoms in total. The lowest BCUT2D eigenvalue weighted by Gasteiger charge is -2.07. The molecule has 1 heterocycles. The van der Waals surface area contributed by atoms with E-state index in [9.17, 15) is 0 Å². The van der Waals surface area contributed by atoms with Crippen LogP contribution in [0.1, 0.15) is 5.56 Å². The van der Waals surface area contributed by atoms with Crippen LogP contribution in [-0.4, -0.2) is 25.3 Å². The van der Waals surface area contributed by atoms with E-state index in [1.54, 1.807) is 25.6 Å². The monoisotopic (exact) mass is 201 g/mol. The molecule has 0 aliphatic rings. The second kappa shape index (κ2) is 5.78. The van der Waals surface area contributed by atoms with E-state index in [1.807, 2.05) is 0 Å². The third-order valence-corrected chi connectivity index (χ3v) is 1.84. The number of aromatic nitrogens is 1. The average molecular weight is 202 g/mol. The molecule has 0 N–H and O–H groups in total. The summed E-state index contributed by atoms with van der Waals surface area (Å²) in [5.74, 6) is 1.19. The maximum absolute atomic E-state index is 5.69. The molecule has 1 aromatic rings. The van der Waals surface area contributed by atoms with Crippen LogP contribution >= 0.6 is 11.6 Å². The maximum Gasteiger partial charge on any atom is 0.126 e. The highest BCUT2D eigenvalue weighted by Gasteiger charge is 2.00. The van der Waals surface area contributed by atoms with E-state index in [4.69, 9.17) is 21.1 Å². The summed E-state index contributed by atoms with van der Waals surface area (Å²) in [6.07, 6.45) is 3.38. The number of rotatable bonds is 5. The highest BCUT2D eigenvalue weighted by Crippen LogP contribution is 2.17. The smallest absolute Gasteiger partial charge is 0.126 e. The predicted octanol–water partition coefficient (Wildman–Crippen LogP) is 1.85. The Morgan fingerprint density at radius 3 is 3.00 bits per heavy atom. The molecule has 72 valence electrons. The minimum absolute atomic E-state index is 0.413. The van der Waals surface area contributed by atoms with E-state index in [-0.39, 0.29) is 0 Å². The molecule has 0 aromatic carbocycles. The van der Waals surface area contributed by atoms with Crippen molar-refractivity contribution < 1.29 is 9.47 Å². The molecule has 0 fully saturated rings. The normalized spacial score (nSPS) is 10.0. The van der Waals surface area contributed by atoms with E-state index < -0.39 is 0 Å². The van der Waals surface area contributed by atoms with Gasteiger partial charge in [0.2, 0.25) is 0 Å². The third kappa shape index (κ3) is 3.20. The molecule has 0 aliphatic carbocycles. The Bertz CT molecular complexity index is 255. The second-order valence-corrected chi connectivity index (χ2v) is 2.73. The Kier molecular flexibility index (Phi) is 4.57. The van der Waals surface area contributed by atoms with E-state index in [0.29, 0.717) is 19.1 Å². The fraction of sp³-hybridized carbons (Fsp3) is 0.444. The van der Waals surface area contributed by atoms with Crippen molar-refractivity contribution in [1.82, 2.24) is 4.98 Å². The molecule has 0 atom stereocenters. The molecule has 0 aliphatic heterocycles. The third-order valence-electron chi connectivity index (χ3n) is 1.55. The molecule has 1 rings (SSSR count). The van der Waals surface area contributed by atoms with Crippen LogP contribution in [0.15, 0.2) is 18.5 Å². The first-order valence-corrected chi connectivity index (χ1v) is 4.52. The molecule has 0 spiro atoms. The number of halogens is 1. The van der Waals surface area contributed by atoms with Crippen LogP contribution in [-0.2, 0) is 10.6 Å². The van der Waals surface area contributed by atoms with Crippen LogP contribution in [0.3, 0.4) is 0 Å². The number of nitrogens with zero attached hydrogens (tertiary/aromatic N) is 1. The van der Waals surface area contributed by atoms with Gasteiger partial charge in [0.1, 0.15) is 12.4 Å². The number of methoxy groups -OCH3 is 1. The van der Waals surface area contributed by atoms with Crippen molar-refractivity contribution in [2.24, 2.45) is 0 Å². The summed E-state index contributed by atoms with van der Waals surface area (Å²) < 4.78 is 10.3. The van der Waals surface area contributed by atoms with Crippen LogP contribution in [0.2, 0.25) is 0 Å². The van der Waals surface area contributed by atoms with Gasteiger partial charge in [-0.1, -0.05) is 0 Å². The van der Waals surface area contributed by atoms with Crippen molar-refractivity contribution in [3.05, 3.63) is 24.0 Å². The Hall–Kier alpha value is -0.800. The summed E-state index contributed by atoms with van der Waals surface area (Å²) in [6.45, 7) is 1.11. The molecule has 1 aromatic heterocycles. The topological polar surface area (TPSA) is 31.4 Å². The molecule has 0 amide bonds. The van der Waals surface area contributed by atoms with E-state index in [1.165, 1.54) is 0 Å². The van der Waals surface area contributed by atoms with Gasteiger partial charge in [-0.25, -0.2) is 0 Å². The van der Waals surface area contributed by atoms with Crippen LogP contribution in [0.4, 0.5) is 0 Å². The minimum Gasteiger partial charge on any atom is -0.491 e. The lowest BCUT2D eigenvalue weighted by atomic mass is 10.3. The largest absolute Gasteiger partial charge is 0.491 e. The van der Waals surface area contributed by atoms with Gasteiger partial charge in [0.05, 0.1) is 12.5 Å². The molecule has 0 bridgehead atoms. The Morgan fingerprint density at radius 1 is 1.46 bits per heavy atom. The summed E-state index contributed by atoms with van der Waals surface area (Å²) in [7, 11) is 1.64. The molecule has 0 radical (unpaired) electrons. The highest BCUT2D eigenvalue weighted by molar-refractivity contribution is 6.17. The van der Waals surface area contributed by atoms with Crippen LogP contribution in [0, 0.1) is 0 Å². The van der Waals surface area contributed by atoms with Crippen LogP contribution in [0.25, 0.3) is 0 Å². The summed E-state index contributed by atoms with van der Waals surface area (Å²) in [6, 6.07) is 1.80. The van der Waals surface area contributed by atoms with E-state index in [0.717, 1.165) is 11.3 Å². The Balaban J connectivity index is 2.54. The highest BCUT2D eigenvalue weighted by atomic mass is 35.5. The van der Waals surface area contributed by atoms with E-state index in [2.05, 4.69) is 4.98 Å². The van der Waals surface area contributed by atoms with E-state index >= 15 is 0 Å². The van der Waals surface area contributed by atoms with Gasteiger partial charge in [-0.3, -0.25) is 4.98 Å². The second-order valence-electron chi connectivity index (χ2n) is 2.46. The van der Waals surface area contributed by atoms with Gasteiger partial charge in [0.25, 0.3) is 0 Å². The fourth-order valence-electron chi connectivity index (χ4n) is 0.891. The standard InChI is InChI=1S/C9H12ClNO2/c1-12-4-5-13-9-2-3-11-7-8(9)6-10/h2-3,7H,4-6H2,1H3. The number of alkyl halides is 1. The van der Waals surface area contributed by atoms with Gasteiger partial charge in [0.15, 0.2) is 0 Å². The molecule has 0 saturated heterocycles. The zero-order valence-corrected chi connectivity index (χ0v) is 8.25. The quantitative estimate of drug-likeness (QED) is 0.538. The predicted molar refractivity (Wildman–Crippen MR) is 51.2 cm³/mol. The van der Waals surface area contributed by atoms with Crippen molar-refractivity contribution in [2.75, 3.05) is 20.3 Å². The fourth-order valence-corrected chi connectivity index (χ4v) is 1.09. The van der Waals surface area contributed by atoms with Crippen molar-refractivity contribution in [3.8, 4) is 5.75 Å². The van der Waals surface area contributed by atoms with Crippen molar-refractivity contribution in [1.29, 1.82) is 0 Å². The summed E-state index contributed by atoms with van der Waals surface area (Å²) in [4.78, 5) is 3.95. The minimum atomic E-state index is 0.413. The molecule has 0 saturated carbocycles. The number of hydrogen-bond acceptors (Lipinski definition) is 3. The number of hydrogen-bond donors (Lipinski definition) is 0. The zero-order valence-electron chi connectivity index (χ0n) is 7.50. The number of pyridine rings is 1. The first-order valence-electron chi connectivity index (χ1n) is 3.99. The first kappa shape index (κ1) is 10.3. The average Bonchev–Trinajstić information content (AvgIpc) is 2.19. The van der Waals surface area contributed by atoms with Crippen LogP contribution in [0.5, 0.6) is 5.75 Å². The van der Waals surface area contributed by atoms with Crippen molar-refractivity contribution in [2.45, 2.75) is 5.88 Å². The first-order chi connectivity index (χ1) is 6.38. The molecule has 0 unspecified atom stereocenters.